The van der Waals surface area contributed by atoms with Crippen molar-refractivity contribution in [2.75, 3.05) is 13.3 Å². The maximum atomic E-state index is 12.7. The fourth-order valence-corrected chi connectivity index (χ4v) is 14.7. The van der Waals surface area contributed by atoms with Crippen molar-refractivity contribution in [1.82, 2.24) is 0 Å². The van der Waals surface area contributed by atoms with Gasteiger partial charge in [-0.2, -0.15) is 0 Å². The first-order valence-electron chi connectivity index (χ1n) is 10.5. The van der Waals surface area contributed by atoms with Gasteiger partial charge >= 0.3 is 216 Å². The molecule has 1 unspecified atom stereocenters. The van der Waals surface area contributed by atoms with Crippen LogP contribution in [-0.2, 0) is 12.6 Å². The normalized spacial score (nSPS) is 23.0. The standard InChI is InChI=1S/C24H25ClF3I2NS/c25-21-13-19(14-31-15-21)22-16-32-23(29-22)12-18-2-1-9-30(11-8-18)10-7-17-3-5-20(6-4-17)24(26,27)28/h2-6,14-16,19H,1,7-13H2. The molecule has 0 radical (unpaired) electrons. The molecule has 8 heteroatoms. The molecule has 3 heterocycles. The van der Waals surface area contributed by atoms with E-state index in [1.54, 1.807) is 26.7 Å². The summed E-state index contributed by atoms with van der Waals surface area (Å²) in [6.07, 6.45) is 7.35. The average Bonchev–Trinajstić information content (AvgIpc) is 3.11. The molecule has 0 aromatic heterocycles. The van der Waals surface area contributed by atoms with Gasteiger partial charge in [0, 0.05) is 0 Å². The topological polar surface area (TPSA) is 12.4 Å². The van der Waals surface area contributed by atoms with Crippen molar-refractivity contribution < 1.29 is 13.2 Å². The van der Waals surface area contributed by atoms with E-state index in [-0.39, 0.29) is 20.7 Å². The zero-order chi connectivity index (χ0) is 22.6. The van der Waals surface area contributed by atoms with E-state index in [9.17, 15) is 13.2 Å². The number of alkyl halides is 6. The van der Waals surface area contributed by atoms with Gasteiger partial charge < -0.3 is 0 Å². The number of thioether (sulfide) groups is 1. The SMILES string of the molecule is FC(F)(F)c1ccc(CCI2CCC=C(CC3=IC(C4C=NC=C(Cl)C4)=CS3)CC2)cc1. The minimum absolute atomic E-state index is 0.0753. The summed E-state index contributed by atoms with van der Waals surface area (Å²) in [7, 11) is 0. The van der Waals surface area contributed by atoms with Gasteiger partial charge in [-0.25, -0.2) is 0 Å². The van der Waals surface area contributed by atoms with Crippen molar-refractivity contribution in [2.24, 2.45) is 10.9 Å². The molecule has 0 bridgehead atoms. The van der Waals surface area contributed by atoms with E-state index in [0.717, 1.165) is 29.9 Å². The Morgan fingerprint density at radius 3 is 2.75 bits per heavy atom. The Hall–Kier alpha value is -0.130. The maximum absolute atomic E-state index is 12.7. The van der Waals surface area contributed by atoms with Crippen molar-refractivity contribution in [1.29, 1.82) is 0 Å². The number of hydrogen-bond acceptors (Lipinski definition) is 2. The van der Waals surface area contributed by atoms with Crippen molar-refractivity contribution in [3.05, 3.63) is 67.3 Å². The molecule has 1 nitrogen and oxygen atoms in total. The molecule has 0 saturated carbocycles. The van der Waals surface area contributed by atoms with Gasteiger partial charge in [0.15, 0.2) is 0 Å². The van der Waals surface area contributed by atoms with Crippen LogP contribution in [0.25, 0.3) is 0 Å². The minimum atomic E-state index is -4.25. The Morgan fingerprint density at radius 1 is 1.19 bits per heavy atom. The Kier molecular flexibility index (Phi) is 9.00. The van der Waals surface area contributed by atoms with Gasteiger partial charge in [0.2, 0.25) is 0 Å². The van der Waals surface area contributed by atoms with E-state index in [1.807, 2.05) is 18.0 Å². The van der Waals surface area contributed by atoms with Crippen molar-refractivity contribution >= 4 is 73.0 Å². The molecular formula is C24H25ClF3I2NS. The van der Waals surface area contributed by atoms with Gasteiger partial charge in [-0.3, -0.25) is 0 Å². The molecule has 0 amide bonds. The second-order valence-electron chi connectivity index (χ2n) is 7.91. The molecule has 32 heavy (non-hydrogen) atoms. The molecular weight excluding hydrogens is 681 g/mol. The Labute approximate surface area is 214 Å². The van der Waals surface area contributed by atoms with Crippen molar-refractivity contribution in [3.8, 4) is 0 Å². The summed E-state index contributed by atoms with van der Waals surface area (Å²) in [5.41, 5.74) is 2.09. The van der Waals surface area contributed by atoms with E-state index >= 15 is 0 Å². The second-order valence-corrected chi connectivity index (χ2v) is 19.7. The predicted octanol–water partition coefficient (Wildman–Crippen LogP) is 8.72. The van der Waals surface area contributed by atoms with Crippen LogP contribution in [0.2, 0.25) is 0 Å². The molecule has 1 atom stereocenters. The van der Waals surface area contributed by atoms with E-state index in [0.29, 0.717) is 5.92 Å². The molecule has 1 aromatic carbocycles. The average molecular weight is 706 g/mol. The Balaban J connectivity index is 1.23. The van der Waals surface area contributed by atoms with Gasteiger partial charge in [0.1, 0.15) is 0 Å². The zero-order valence-electron chi connectivity index (χ0n) is 17.5. The zero-order valence-corrected chi connectivity index (χ0v) is 23.4. The first-order valence-corrected chi connectivity index (χ1v) is 18.5. The number of aryl methyl sites for hydroxylation is 1. The molecule has 3 aliphatic rings. The number of allylic oxidation sites excluding steroid dienone is 4. The monoisotopic (exact) mass is 705 g/mol. The molecule has 0 saturated heterocycles. The molecule has 4 rings (SSSR count). The fourth-order valence-electron chi connectivity index (χ4n) is 3.73. The van der Waals surface area contributed by atoms with Crippen LogP contribution >= 0.6 is 63.9 Å². The van der Waals surface area contributed by atoms with Crippen LogP contribution in [-0.4, -0.2) is 22.3 Å². The summed E-state index contributed by atoms with van der Waals surface area (Å²) in [6, 6.07) is 5.75. The number of hydrogen-bond donors (Lipinski definition) is 0. The Morgan fingerprint density at radius 2 is 2.00 bits per heavy atom. The third-order valence-electron chi connectivity index (χ3n) is 5.55. The van der Waals surface area contributed by atoms with Crippen LogP contribution in [0.15, 0.2) is 61.1 Å². The quantitative estimate of drug-likeness (QED) is 0.164. The third-order valence-corrected chi connectivity index (χ3v) is 17.3. The van der Waals surface area contributed by atoms with E-state index < -0.39 is 31.6 Å². The van der Waals surface area contributed by atoms with Crippen LogP contribution < -0.4 is 0 Å². The molecule has 174 valence electrons. The number of benzene rings is 1. The van der Waals surface area contributed by atoms with Gasteiger partial charge in [0.05, 0.1) is 0 Å². The van der Waals surface area contributed by atoms with Gasteiger partial charge in [-0.15, -0.1) is 0 Å². The molecule has 0 spiro atoms. The second kappa shape index (κ2) is 11.5. The van der Waals surface area contributed by atoms with E-state index in [4.69, 9.17) is 11.6 Å². The Bertz CT molecular complexity index is 980. The molecule has 0 aliphatic carbocycles. The summed E-state index contributed by atoms with van der Waals surface area (Å²) < 4.78 is 45.3. The summed E-state index contributed by atoms with van der Waals surface area (Å²) in [6.45, 7) is 0. The summed E-state index contributed by atoms with van der Waals surface area (Å²) in [5.74, 6) is 0.386. The number of nitrogens with zero attached hydrogens (tertiary/aromatic N) is 1. The van der Waals surface area contributed by atoms with Crippen molar-refractivity contribution in [3.63, 3.8) is 0 Å². The van der Waals surface area contributed by atoms with Gasteiger partial charge in [-0.05, 0) is 0 Å². The molecule has 0 fully saturated rings. The summed E-state index contributed by atoms with van der Waals surface area (Å²) in [4.78, 5) is 4.28. The third kappa shape index (κ3) is 7.18. The van der Waals surface area contributed by atoms with Crippen LogP contribution in [0.3, 0.4) is 0 Å². The van der Waals surface area contributed by atoms with Crippen LogP contribution in [0.1, 0.15) is 36.8 Å². The van der Waals surface area contributed by atoms with Crippen LogP contribution in [0.5, 0.6) is 0 Å². The number of rotatable bonds is 6. The first-order chi connectivity index (χ1) is 15.4. The molecule has 1 aromatic rings. The van der Waals surface area contributed by atoms with Crippen molar-refractivity contribution in [2.45, 2.75) is 38.3 Å². The van der Waals surface area contributed by atoms with E-state index in [2.05, 4.69) is 16.5 Å². The van der Waals surface area contributed by atoms with E-state index in [1.165, 1.54) is 41.8 Å². The van der Waals surface area contributed by atoms with Crippen LogP contribution in [0.4, 0.5) is 13.2 Å². The summed E-state index contributed by atoms with van der Waals surface area (Å²) in [5, 5.41) is 3.19. The summed E-state index contributed by atoms with van der Waals surface area (Å²) >= 11 is 6.99. The molecule has 0 N–H and O–H groups in total. The van der Waals surface area contributed by atoms with Gasteiger partial charge in [-0.1, -0.05) is 0 Å². The van der Waals surface area contributed by atoms with Gasteiger partial charge in [0.25, 0.3) is 0 Å². The van der Waals surface area contributed by atoms with Crippen LogP contribution in [0, 0.1) is 5.92 Å². The number of halogens is 6. The molecule has 3 aliphatic heterocycles. The number of aliphatic imine (C=N–C) groups is 1. The predicted molar refractivity (Wildman–Crippen MR) is 151 cm³/mol. The fraction of sp³-hybridized carbons (Fsp3) is 0.417. The first kappa shape index (κ1) is 25.0.